The topological polar surface area (TPSA) is 83.5 Å². The summed E-state index contributed by atoms with van der Waals surface area (Å²) in [5.41, 5.74) is -0.116. The van der Waals surface area contributed by atoms with Crippen LogP contribution in [0.1, 0.15) is 10.4 Å². The zero-order valence-electron chi connectivity index (χ0n) is 11.0. The standard InChI is InChI=1S/C14H11F2NO4S/c15-14(16)22(20,21)12-8-4-3-7-11(12)17-10-6-2-1-5-9(10)13(18)19/h1-8,14,17H,(H,18,19). The SMILES string of the molecule is O=C(O)c1ccccc1Nc1ccccc1S(=O)(=O)C(F)F. The van der Waals surface area contributed by atoms with E-state index in [2.05, 4.69) is 5.32 Å². The molecule has 0 atom stereocenters. The lowest BCUT2D eigenvalue weighted by atomic mass is 10.1. The van der Waals surface area contributed by atoms with Crippen molar-refractivity contribution in [1.82, 2.24) is 0 Å². The Morgan fingerprint density at radius 3 is 2.14 bits per heavy atom. The maximum Gasteiger partial charge on any atom is 0.341 e. The zero-order chi connectivity index (χ0) is 16.3. The molecule has 0 aliphatic rings. The van der Waals surface area contributed by atoms with E-state index in [-0.39, 0.29) is 16.9 Å². The number of para-hydroxylation sites is 2. The lowest BCUT2D eigenvalue weighted by Crippen LogP contribution is -2.13. The summed E-state index contributed by atoms with van der Waals surface area (Å²) >= 11 is 0. The molecular formula is C14H11F2NO4S. The van der Waals surface area contributed by atoms with Gasteiger partial charge in [-0.05, 0) is 24.3 Å². The number of carbonyl (C=O) groups is 1. The fourth-order valence-corrected chi connectivity index (χ4v) is 2.72. The van der Waals surface area contributed by atoms with Crippen molar-refractivity contribution in [3.8, 4) is 0 Å². The Morgan fingerprint density at radius 1 is 1.00 bits per heavy atom. The third kappa shape index (κ3) is 3.06. The van der Waals surface area contributed by atoms with Gasteiger partial charge in [0.2, 0.25) is 9.84 Å². The molecule has 0 fully saturated rings. The van der Waals surface area contributed by atoms with Crippen LogP contribution in [0.3, 0.4) is 0 Å². The number of sulfone groups is 1. The summed E-state index contributed by atoms with van der Waals surface area (Å²) in [6.45, 7) is 0. The first-order valence-corrected chi connectivity index (χ1v) is 7.59. The predicted molar refractivity (Wildman–Crippen MR) is 76.3 cm³/mol. The quantitative estimate of drug-likeness (QED) is 0.881. The smallest absolute Gasteiger partial charge is 0.341 e. The van der Waals surface area contributed by atoms with Gasteiger partial charge in [-0.25, -0.2) is 13.2 Å². The molecule has 5 nitrogen and oxygen atoms in total. The molecule has 2 aromatic rings. The Bertz CT molecular complexity index is 806. The molecule has 0 aromatic heterocycles. The second kappa shape index (κ2) is 6.10. The van der Waals surface area contributed by atoms with Crippen LogP contribution in [0, 0.1) is 0 Å². The Hall–Kier alpha value is -2.48. The molecule has 2 N–H and O–H groups in total. The highest BCUT2D eigenvalue weighted by atomic mass is 32.2. The van der Waals surface area contributed by atoms with Crippen LogP contribution in [0.5, 0.6) is 0 Å². The molecule has 0 saturated heterocycles. The summed E-state index contributed by atoms with van der Waals surface area (Å²) in [7, 11) is -4.80. The van der Waals surface area contributed by atoms with Crippen LogP contribution in [-0.4, -0.2) is 25.3 Å². The highest BCUT2D eigenvalue weighted by Gasteiger charge is 2.29. The first kappa shape index (κ1) is 15.9. The van der Waals surface area contributed by atoms with Crippen LogP contribution in [0.25, 0.3) is 0 Å². The summed E-state index contributed by atoms with van der Waals surface area (Å²) in [4.78, 5) is 10.5. The van der Waals surface area contributed by atoms with E-state index in [1.54, 1.807) is 6.07 Å². The van der Waals surface area contributed by atoms with Crippen molar-refractivity contribution in [2.45, 2.75) is 10.7 Å². The van der Waals surface area contributed by atoms with Gasteiger partial charge in [0, 0.05) is 0 Å². The molecule has 116 valence electrons. The largest absolute Gasteiger partial charge is 0.478 e. The van der Waals surface area contributed by atoms with Gasteiger partial charge in [0.15, 0.2) is 0 Å². The fraction of sp³-hybridized carbons (Fsp3) is 0.0714. The Kier molecular flexibility index (Phi) is 4.41. The molecule has 0 saturated carbocycles. The van der Waals surface area contributed by atoms with E-state index in [0.29, 0.717) is 0 Å². The summed E-state index contributed by atoms with van der Waals surface area (Å²) in [6.07, 6.45) is 0. The fourth-order valence-electron chi connectivity index (χ4n) is 1.84. The molecule has 2 rings (SSSR count). The van der Waals surface area contributed by atoms with Gasteiger partial charge in [0.1, 0.15) is 0 Å². The van der Waals surface area contributed by atoms with Crippen molar-refractivity contribution in [2.24, 2.45) is 0 Å². The van der Waals surface area contributed by atoms with E-state index >= 15 is 0 Å². The highest BCUT2D eigenvalue weighted by Crippen LogP contribution is 2.29. The Balaban J connectivity index is 2.51. The second-order valence-corrected chi connectivity index (χ2v) is 6.16. The van der Waals surface area contributed by atoms with Gasteiger partial charge in [0.05, 0.1) is 21.8 Å². The van der Waals surface area contributed by atoms with Crippen LogP contribution in [0.2, 0.25) is 0 Å². The minimum absolute atomic E-state index is 0.104. The normalized spacial score (nSPS) is 11.4. The van der Waals surface area contributed by atoms with Crippen LogP contribution < -0.4 is 5.32 Å². The molecule has 0 heterocycles. The molecule has 2 aromatic carbocycles. The third-order valence-electron chi connectivity index (χ3n) is 2.85. The van der Waals surface area contributed by atoms with E-state index in [4.69, 9.17) is 5.11 Å². The Labute approximate surface area is 125 Å². The number of hydrogen-bond acceptors (Lipinski definition) is 4. The van der Waals surface area contributed by atoms with E-state index in [0.717, 1.165) is 6.07 Å². The van der Waals surface area contributed by atoms with Crippen molar-refractivity contribution in [3.63, 3.8) is 0 Å². The maximum atomic E-state index is 12.7. The van der Waals surface area contributed by atoms with Gasteiger partial charge in [-0.2, -0.15) is 8.78 Å². The number of carboxylic acid groups (broad SMARTS) is 1. The predicted octanol–water partition coefficient (Wildman–Crippen LogP) is 3.12. The van der Waals surface area contributed by atoms with Gasteiger partial charge < -0.3 is 10.4 Å². The van der Waals surface area contributed by atoms with Crippen molar-refractivity contribution in [2.75, 3.05) is 5.32 Å². The first-order valence-electron chi connectivity index (χ1n) is 6.04. The van der Waals surface area contributed by atoms with Gasteiger partial charge in [-0.15, -0.1) is 0 Å². The average Bonchev–Trinajstić information content (AvgIpc) is 2.47. The van der Waals surface area contributed by atoms with Gasteiger partial charge in [-0.3, -0.25) is 0 Å². The Morgan fingerprint density at radius 2 is 1.55 bits per heavy atom. The van der Waals surface area contributed by atoms with E-state index in [9.17, 15) is 22.0 Å². The average molecular weight is 327 g/mol. The molecule has 22 heavy (non-hydrogen) atoms. The summed E-state index contributed by atoms with van der Waals surface area (Å²) in [5, 5.41) is 11.7. The van der Waals surface area contributed by atoms with Crippen molar-refractivity contribution in [1.29, 1.82) is 0 Å². The zero-order valence-corrected chi connectivity index (χ0v) is 11.8. The van der Waals surface area contributed by atoms with Crippen LogP contribution in [0.15, 0.2) is 53.4 Å². The molecule has 0 spiro atoms. The minimum atomic E-state index is -4.80. The molecule has 0 radical (unpaired) electrons. The summed E-state index contributed by atoms with van der Waals surface area (Å²) < 4.78 is 48.7. The number of nitrogens with one attached hydrogen (secondary N) is 1. The first-order chi connectivity index (χ1) is 10.3. The number of alkyl halides is 2. The lowest BCUT2D eigenvalue weighted by Gasteiger charge is -2.13. The minimum Gasteiger partial charge on any atom is -0.478 e. The van der Waals surface area contributed by atoms with E-state index in [1.807, 2.05) is 0 Å². The number of hydrogen-bond donors (Lipinski definition) is 2. The van der Waals surface area contributed by atoms with E-state index < -0.39 is 26.5 Å². The summed E-state index contributed by atoms with van der Waals surface area (Å²) in [5.74, 6) is -4.79. The van der Waals surface area contributed by atoms with Gasteiger partial charge >= 0.3 is 11.7 Å². The number of benzene rings is 2. The van der Waals surface area contributed by atoms with Crippen LogP contribution >= 0.6 is 0 Å². The molecule has 0 aliphatic carbocycles. The number of aromatic carboxylic acids is 1. The lowest BCUT2D eigenvalue weighted by molar-refractivity contribution is 0.0698. The van der Waals surface area contributed by atoms with Crippen molar-refractivity contribution < 1.29 is 27.1 Å². The number of halogens is 2. The third-order valence-corrected chi connectivity index (χ3v) is 4.29. The van der Waals surface area contributed by atoms with Gasteiger partial charge in [-0.1, -0.05) is 24.3 Å². The van der Waals surface area contributed by atoms with E-state index in [1.165, 1.54) is 36.4 Å². The number of rotatable bonds is 5. The highest BCUT2D eigenvalue weighted by molar-refractivity contribution is 7.91. The van der Waals surface area contributed by atoms with Crippen LogP contribution in [0.4, 0.5) is 20.2 Å². The van der Waals surface area contributed by atoms with Gasteiger partial charge in [0.25, 0.3) is 0 Å². The second-order valence-electron chi connectivity index (χ2n) is 4.28. The van der Waals surface area contributed by atoms with Crippen LogP contribution in [-0.2, 0) is 9.84 Å². The van der Waals surface area contributed by atoms with Crippen molar-refractivity contribution in [3.05, 3.63) is 54.1 Å². The number of carboxylic acids is 1. The molecule has 0 amide bonds. The molecule has 0 aliphatic heterocycles. The molecule has 8 heteroatoms. The number of anilines is 2. The molecular weight excluding hydrogens is 316 g/mol. The van der Waals surface area contributed by atoms with Crippen molar-refractivity contribution >= 4 is 27.2 Å². The maximum absolute atomic E-state index is 12.7. The summed E-state index contributed by atoms with van der Waals surface area (Å²) in [6, 6.07) is 10.8. The molecule has 0 unspecified atom stereocenters. The molecule has 0 bridgehead atoms. The monoisotopic (exact) mass is 327 g/mol.